The minimum atomic E-state index is -3.90. The smallest absolute Gasteiger partial charge is 0.270 e. The Morgan fingerprint density at radius 2 is 2.14 bits per heavy atom. The standard InChI is InChI=1S/C10H12FN5O4S/c1-15-9(12)14-10(13,5-21(15,19)20)7-4-6(16(17)18)2-3-8(7)11/h2-4H,5,13H2,1H3,(H2,12,14)/t10-/m0/s1. The zero-order valence-corrected chi connectivity index (χ0v) is 11.7. The van der Waals surface area contributed by atoms with E-state index >= 15 is 0 Å². The number of nitro benzene ring substituents is 1. The van der Waals surface area contributed by atoms with Crippen molar-refractivity contribution in [2.75, 3.05) is 12.8 Å². The maximum absolute atomic E-state index is 13.9. The van der Waals surface area contributed by atoms with Gasteiger partial charge < -0.3 is 11.5 Å². The molecule has 4 N–H and O–H groups in total. The van der Waals surface area contributed by atoms with Gasteiger partial charge in [-0.1, -0.05) is 0 Å². The van der Waals surface area contributed by atoms with Crippen LogP contribution in [0, 0.1) is 15.9 Å². The van der Waals surface area contributed by atoms with Crippen LogP contribution in [0.25, 0.3) is 0 Å². The van der Waals surface area contributed by atoms with Gasteiger partial charge in [-0.3, -0.25) is 10.1 Å². The number of hydrogen-bond donors (Lipinski definition) is 2. The van der Waals surface area contributed by atoms with Crippen LogP contribution in [0.2, 0.25) is 0 Å². The molecule has 0 spiro atoms. The van der Waals surface area contributed by atoms with E-state index in [1.807, 2.05) is 0 Å². The second-order valence-corrected chi connectivity index (χ2v) is 6.54. The normalized spacial score (nSPS) is 24.5. The molecule has 1 atom stereocenters. The minimum Gasteiger partial charge on any atom is -0.369 e. The Balaban J connectivity index is 2.65. The molecule has 1 heterocycles. The van der Waals surface area contributed by atoms with E-state index in [1.54, 1.807) is 0 Å². The summed E-state index contributed by atoms with van der Waals surface area (Å²) in [5, 5.41) is 10.8. The van der Waals surface area contributed by atoms with Crippen LogP contribution in [0.15, 0.2) is 23.2 Å². The fourth-order valence-electron chi connectivity index (χ4n) is 1.92. The molecule has 0 unspecified atom stereocenters. The Kier molecular flexibility index (Phi) is 3.34. The molecule has 11 heteroatoms. The van der Waals surface area contributed by atoms with E-state index in [0.29, 0.717) is 4.31 Å². The summed E-state index contributed by atoms with van der Waals surface area (Å²) in [6.45, 7) is 0. The lowest BCUT2D eigenvalue weighted by Gasteiger charge is -2.34. The highest BCUT2D eigenvalue weighted by Crippen LogP contribution is 2.31. The van der Waals surface area contributed by atoms with Gasteiger partial charge in [0.15, 0.2) is 5.66 Å². The molecule has 0 radical (unpaired) electrons. The van der Waals surface area contributed by atoms with E-state index in [2.05, 4.69) is 4.99 Å². The van der Waals surface area contributed by atoms with Crippen LogP contribution in [-0.2, 0) is 15.7 Å². The molecule has 1 aliphatic rings. The van der Waals surface area contributed by atoms with E-state index in [0.717, 1.165) is 18.2 Å². The summed E-state index contributed by atoms with van der Waals surface area (Å²) in [7, 11) is -2.72. The summed E-state index contributed by atoms with van der Waals surface area (Å²) in [4.78, 5) is 13.8. The van der Waals surface area contributed by atoms with E-state index in [4.69, 9.17) is 11.5 Å². The van der Waals surface area contributed by atoms with Crippen LogP contribution in [-0.4, -0.2) is 36.4 Å². The Labute approximate surface area is 119 Å². The lowest BCUT2D eigenvalue weighted by Crippen LogP contribution is -2.55. The summed E-state index contributed by atoms with van der Waals surface area (Å²) in [5.74, 6) is -2.08. The monoisotopic (exact) mass is 317 g/mol. The quantitative estimate of drug-likeness (QED) is 0.552. The van der Waals surface area contributed by atoms with E-state index in [1.165, 1.54) is 7.05 Å². The van der Waals surface area contributed by atoms with Crippen LogP contribution in [0.3, 0.4) is 0 Å². The molecule has 1 aromatic rings. The minimum absolute atomic E-state index is 0.406. The first-order valence-corrected chi connectivity index (χ1v) is 7.23. The summed E-state index contributed by atoms with van der Waals surface area (Å²) < 4.78 is 38.5. The van der Waals surface area contributed by atoms with Crippen molar-refractivity contribution in [3.05, 3.63) is 39.7 Å². The first kappa shape index (κ1) is 15.1. The highest BCUT2D eigenvalue weighted by Gasteiger charge is 2.43. The second kappa shape index (κ2) is 4.63. The molecule has 0 saturated carbocycles. The van der Waals surface area contributed by atoms with Crippen molar-refractivity contribution in [1.82, 2.24) is 4.31 Å². The molecule has 21 heavy (non-hydrogen) atoms. The summed E-state index contributed by atoms with van der Waals surface area (Å²) in [6, 6.07) is 2.63. The molecule has 0 bridgehead atoms. The number of aliphatic imine (C=N–C) groups is 1. The topological polar surface area (TPSA) is 145 Å². The Hall–Kier alpha value is -2.27. The third-order valence-electron chi connectivity index (χ3n) is 3.08. The lowest BCUT2D eigenvalue weighted by molar-refractivity contribution is -0.385. The number of rotatable bonds is 2. The third kappa shape index (κ3) is 2.52. The van der Waals surface area contributed by atoms with Gasteiger partial charge in [-0.05, 0) is 6.07 Å². The van der Waals surface area contributed by atoms with Crippen molar-refractivity contribution in [2.24, 2.45) is 16.5 Å². The lowest BCUT2D eigenvalue weighted by atomic mass is 10.0. The van der Waals surface area contributed by atoms with Gasteiger partial charge in [0.2, 0.25) is 16.0 Å². The number of halogens is 1. The van der Waals surface area contributed by atoms with Gasteiger partial charge in [0.1, 0.15) is 11.6 Å². The number of non-ortho nitro benzene ring substituents is 1. The number of nitrogens with two attached hydrogens (primary N) is 2. The maximum atomic E-state index is 13.9. The van der Waals surface area contributed by atoms with Gasteiger partial charge in [0, 0.05) is 24.7 Å². The van der Waals surface area contributed by atoms with Crippen LogP contribution in [0.4, 0.5) is 10.1 Å². The number of sulfonamides is 1. The van der Waals surface area contributed by atoms with Crippen molar-refractivity contribution in [2.45, 2.75) is 5.66 Å². The van der Waals surface area contributed by atoms with Crippen molar-refractivity contribution < 1.29 is 17.7 Å². The molecular formula is C10H12FN5O4S. The maximum Gasteiger partial charge on any atom is 0.270 e. The zero-order chi connectivity index (χ0) is 16.0. The highest BCUT2D eigenvalue weighted by atomic mass is 32.2. The zero-order valence-electron chi connectivity index (χ0n) is 10.9. The van der Waals surface area contributed by atoms with Crippen molar-refractivity contribution in [3.8, 4) is 0 Å². The third-order valence-corrected chi connectivity index (χ3v) is 4.91. The van der Waals surface area contributed by atoms with Crippen molar-refractivity contribution in [1.29, 1.82) is 0 Å². The predicted octanol–water partition coefficient (Wildman–Crippen LogP) is -0.565. The first-order chi connectivity index (χ1) is 9.57. The molecule has 1 aliphatic heterocycles. The van der Waals surface area contributed by atoms with Crippen LogP contribution >= 0.6 is 0 Å². The van der Waals surface area contributed by atoms with Gasteiger partial charge in [0.05, 0.1) is 4.92 Å². The molecule has 2 rings (SSSR count). The molecule has 0 amide bonds. The van der Waals surface area contributed by atoms with Crippen LogP contribution < -0.4 is 11.5 Å². The summed E-state index contributed by atoms with van der Waals surface area (Å²) in [6.07, 6.45) is 0. The number of guanidine groups is 1. The van der Waals surface area contributed by atoms with E-state index in [9.17, 15) is 22.9 Å². The van der Waals surface area contributed by atoms with E-state index in [-0.39, 0.29) is 0 Å². The molecule has 0 aromatic heterocycles. The molecule has 1 aromatic carbocycles. The summed E-state index contributed by atoms with van der Waals surface area (Å²) in [5.41, 5.74) is 8.46. The molecule has 9 nitrogen and oxygen atoms in total. The number of benzene rings is 1. The predicted molar refractivity (Wildman–Crippen MR) is 72.1 cm³/mol. The fourth-order valence-corrected chi connectivity index (χ4v) is 3.22. The summed E-state index contributed by atoms with van der Waals surface area (Å²) >= 11 is 0. The molecule has 0 fully saturated rings. The average Bonchev–Trinajstić information content (AvgIpc) is 2.35. The first-order valence-electron chi connectivity index (χ1n) is 5.62. The van der Waals surface area contributed by atoms with Crippen LogP contribution in [0.5, 0.6) is 0 Å². The highest BCUT2D eigenvalue weighted by molar-refractivity contribution is 7.89. The Morgan fingerprint density at radius 3 is 2.67 bits per heavy atom. The van der Waals surface area contributed by atoms with E-state index < -0.39 is 49.4 Å². The Bertz CT molecular complexity index is 750. The van der Waals surface area contributed by atoms with Gasteiger partial charge >= 0.3 is 0 Å². The molecule has 0 aliphatic carbocycles. The number of nitro groups is 1. The van der Waals surface area contributed by atoms with Gasteiger partial charge in [0.25, 0.3) is 5.69 Å². The van der Waals surface area contributed by atoms with Gasteiger partial charge in [-0.15, -0.1) is 0 Å². The fraction of sp³-hybridized carbons (Fsp3) is 0.300. The molecule has 0 saturated heterocycles. The molecular weight excluding hydrogens is 305 g/mol. The Morgan fingerprint density at radius 1 is 1.52 bits per heavy atom. The SMILES string of the molecule is CN1C(N)=N[C@](N)(c2cc([N+](=O)[O-])ccc2F)CS1(=O)=O. The van der Waals surface area contributed by atoms with Crippen molar-refractivity contribution >= 4 is 21.7 Å². The average molecular weight is 317 g/mol. The number of hydrogen-bond acceptors (Lipinski definition) is 7. The largest absolute Gasteiger partial charge is 0.369 e. The van der Waals surface area contributed by atoms with Gasteiger partial charge in [-0.2, -0.15) is 0 Å². The van der Waals surface area contributed by atoms with Gasteiger partial charge in [-0.25, -0.2) is 22.1 Å². The second-order valence-electron chi connectivity index (χ2n) is 4.54. The van der Waals surface area contributed by atoms with Crippen LogP contribution in [0.1, 0.15) is 5.56 Å². The van der Waals surface area contributed by atoms with Crippen molar-refractivity contribution in [3.63, 3.8) is 0 Å². The molecule has 114 valence electrons. The number of nitrogens with zero attached hydrogens (tertiary/aromatic N) is 3.